The zero-order chi connectivity index (χ0) is 21.0. The normalized spacial score (nSPS) is 15.0. The summed E-state index contributed by atoms with van der Waals surface area (Å²) in [5.41, 5.74) is 3.21. The third kappa shape index (κ3) is 4.29. The summed E-state index contributed by atoms with van der Waals surface area (Å²) in [6.07, 6.45) is 0. The van der Waals surface area contributed by atoms with Crippen molar-refractivity contribution in [2.45, 2.75) is 6.54 Å². The van der Waals surface area contributed by atoms with E-state index >= 15 is 0 Å². The van der Waals surface area contributed by atoms with Gasteiger partial charge in [0.05, 0.1) is 18.9 Å². The molecule has 3 aromatic rings. The maximum Gasteiger partial charge on any atom is 0.251 e. The van der Waals surface area contributed by atoms with Crippen LogP contribution in [-0.2, 0) is 11.3 Å². The molecule has 1 aromatic heterocycles. The number of carbonyl (C=O) groups excluding carboxylic acids is 1. The first-order chi connectivity index (χ1) is 15.3. The van der Waals surface area contributed by atoms with Crippen molar-refractivity contribution < 1.29 is 19.0 Å². The van der Waals surface area contributed by atoms with Gasteiger partial charge in [-0.1, -0.05) is 18.2 Å². The number of benzene rings is 2. The number of fused-ring (bicyclic) bond motifs is 1. The first kappa shape index (κ1) is 19.3. The summed E-state index contributed by atoms with van der Waals surface area (Å²) >= 11 is 0. The number of carbonyl (C=O) groups is 1. The van der Waals surface area contributed by atoms with Crippen LogP contribution in [0.5, 0.6) is 11.5 Å². The fourth-order valence-corrected chi connectivity index (χ4v) is 3.57. The van der Waals surface area contributed by atoms with Crippen LogP contribution in [-0.4, -0.2) is 49.2 Å². The molecule has 8 nitrogen and oxygen atoms in total. The molecule has 2 aromatic carbocycles. The highest BCUT2D eigenvalue weighted by Gasteiger charge is 2.15. The van der Waals surface area contributed by atoms with Gasteiger partial charge in [-0.05, 0) is 42.0 Å². The predicted octanol–water partition coefficient (Wildman–Crippen LogP) is 2.64. The molecule has 1 saturated heterocycles. The van der Waals surface area contributed by atoms with Gasteiger partial charge in [-0.15, -0.1) is 10.2 Å². The van der Waals surface area contributed by atoms with Crippen molar-refractivity contribution in [3.05, 3.63) is 65.7 Å². The summed E-state index contributed by atoms with van der Waals surface area (Å²) in [6.45, 7) is 3.71. The molecule has 0 atom stereocenters. The Hall–Kier alpha value is -3.65. The van der Waals surface area contributed by atoms with Crippen LogP contribution in [0.25, 0.3) is 11.3 Å². The van der Waals surface area contributed by atoms with Gasteiger partial charge >= 0.3 is 0 Å². The lowest BCUT2D eigenvalue weighted by Crippen LogP contribution is -2.36. The quantitative estimate of drug-likeness (QED) is 0.682. The Morgan fingerprint density at radius 3 is 2.52 bits per heavy atom. The highest BCUT2D eigenvalue weighted by Crippen LogP contribution is 2.32. The molecule has 31 heavy (non-hydrogen) atoms. The van der Waals surface area contributed by atoms with E-state index < -0.39 is 0 Å². The van der Waals surface area contributed by atoms with Gasteiger partial charge in [-0.2, -0.15) is 0 Å². The first-order valence-electron chi connectivity index (χ1n) is 10.2. The molecular weight excluding hydrogens is 396 g/mol. The fraction of sp³-hybridized carbons (Fsp3) is 0.261. The minimum Gasteiger partial charge on any atom is -0.454 e. The Labute approximate surface area is 179 Å². The van der Waals surface area contributed by atoms with Crippen molar-refractivity contribution in [2.75, 3.05) is 38.0 Å². The molecular formula is C23H22N4O4. The van der Waals surface area contributed by atoms with Crippen LogP contribution in [0.15, 0.2) is 54.6 Å². The molecule has 0 bridgehead atoms. The number of nitrogens with zero attached hydrogens (tertiary/aromatic N) is 3. The van der Waals surface area contributed by atoms with E-state index in [2.05, 4.69) is 20.4 Å². The second-order valence-electron chi connectivity index (χ2n) is 7.32. The Kier molecular flexibility index (Phi) is 5.37. The Balaban J connectivity index is 1.20. The van der Waals surface area contributed by atoms with Gasteiger partial charge in [0.2, 0.25) is 6.79 Å². The average molecular weight is 418 g/mol. The number of hydrogen-bond acceptors (Lipinski definition) is 7. The Morgan fingerprint density at radius 2 is 1.74 bits per heavy atom. The summed E-state index contributed by atoms with van der Waals surface area (Å²) in [5.74, 6) is 2.15. The van der Waals surface area contributed by atoms with Crippen LogP contribution < -0.4 is 19.7 Å². The fourth-order valence-electron chi connectivity index (χ4n) is 3.57. The molecule has 0 radical (unpaired) electrons. The van der Waals surface area contributed by atoms with E-state index in [4.69, 9.17) is 14.2 Å². The highest BCUT2D eigenvalue weighted by atomic mass is 16.7. The summed E-state index contributed by atoms with van der Waals surface area (Å²) in [7, 11) is 0. The van der Waals surface area contributed by atoms with E-state index in [1.165, 1.54) is 0 Å². The number of aromatic nitrogens is 2. The minimum absolute atomic E-state index is 0.141. The third-order valence-corrected chi connectivity index (χ3v) is 5.32. The van der Waals surface area contributed by atoms with Crippen LogP contribution in [0.2, 0.25) is 0 Å². The smallest absolute Gasteiger partial charge is 0.251 e. The van der Waals surface area contributed by atoms with Crippen molar-refractivity contribution in [3.63, 3.8) is 0 Å². The lowest BCUT2D eigenvalue weighted by molar-refractivity contribution is 0.0951. The number of rotatable bonds is 5. The van der Waals surface area contributed by atoms with Gasteiger partial charge in [0.15, 0.2) is 17.3 Å². The topological polar surface area (TPSA) is 85.8 Å². The van der Waals surface area contributed by atoms with E-state index in [0.29, 0.717) is 31.1 Å². The van der Waals surface area contributed by atoms with Crippen molar-refractivity contribution >= 4 is 11.7 Å². The molecule has 0 unspecified atom stereocenters. The van der Waals surface area contributed by atoms with Crippen LogP contribution in [0.4, 0.5) is 5.82 Å². The van der Waals surface area contributed by atoms with Gasteiger partial charge in [0, 0.05) is 30.8 Å². The van der Waals surface area contributed by atoms with Crippen molar-refractivity contribution in [1.29, 1.82) is 0 Å². The molecule has 1 amide bonds. The van der Waals surface area contributed by atoms with Crippen LogP contribution in [0.3, 0.4) is 0 Å². The second kappa shape index (κ2) is 8.61. The number of nitrogens with one attached hydrogen (secondary N) is 1. The number of hydrogen-bond donors (Lipinski definition) is 1. The molecule has 2 aliphatic heterocycles. The number of morpholine rings is 1. The van der Waals surface area contributed by atoms with Crippen molar-refractivity contribution in [2.24, 2.45) is 0 Å². The SMILES string of the molecule is O=C(NCc1ccc2c(c1)OCO2)c1ccc(-c2ccc(N3CCOCC3)nn2)cc1. The standard InChI is InChI=1S/C23H22N4O4/c28-23(24-14-16-1-7-20-21(13-16)31-15-30-20)18-4-2-17(3-5-18)19-6-8-22(26-25-19)27-9-11-29-12-10-27/h1-8,13H,9-12,14-15H2,(H,24,28). The summed E-state index contributed by atoms with van der Waals surface area (Å²) in [5, 5.41) is 11.6. The summed E-state index contributed by atoms with van der Waals surface area (Å²) in [6, 6.07) is 16.9. The summed E-state index contributed by atoms with van der Waals surface area (Å²) in [4.78, 5) is 14.7. The molecule has 8 heteroatoms. The van der Waals surface area contributed by atoms with E-state index in [-0.39, 0.29) is 12.7 Å². The number of anilines is 1. The molecule has 1 fully saturated rings. The molecule has 2 aliphatic rings. The predicted molar refractivity (Wildman–Crippen MR) is 114 cm³/mol. The van der Waals surface area contributed by atoms with Crippen molar-refractivity contribution in [1.82, 2.24) is 15.5 Å². The first-order valence-corrected chi connectivity index (χ1v) is 10.2. The summed E-state index contributed by atoms with van der Waals surface area (Å²) < 4.78 is 16.1. The minimum atomic E-state index is -0.141. The van der Waals surface area contributed by atoms with E-state index in [1.54, 1.807) is 12.1 Å². The van der Waals surface area contributed by atoms with Gasteiger partial charge in [0.25, 0.3) is 5.91 Å². The Morgan fingerprint density at radius 1 is 0.935 bits per heavy atom. The zero-order valence-corrected chi connectivity index (χ0v) is 16.9. The molecule has 158 valence electrons. The number of amides is 1. The van der Waals surface area contributed by atoms with Crippen molar-refractivity contribution in [3.8, 4) is 22.8 Å². The van der Waals surface area contributed by atoms with Crippen LogP contribution in [0, 0.1) is 0 Å². The maximum absolute atomic E-state index is 12.5. The van der Waals surface area contributed by atoms with Crippen LogP contribution >= 0.6 is 0 Å². The van der Waals surface area contributed by atoms with Gasteiger partial charge in [0.1, 0.15) is 0 Å². The second-order valence-corrected chi connectivity index (χ2v) is 7.32. The maximum atomic E-state index is 12.5. The molecule has 3 heterocycles. The Bertz CT molecular complexity index is 1060. The lowest BCUT2D eigenvalue weighted by Gasteiger charge is -2.27. The molecule has 1 N–H and O–H groups in total. The van der Waals surface area contributed by atoms with Gasteiger partial charge < -0.3 is 24.4 Å². The third-order valence-electron chi connectivity index (χ3n) is 5.32. The van der Waals surface area contributed by atoms with E-state index in [1.807, 2.05) is 42.5 Å². The van der Waals surface area contributed by atoms with Gasteiger partial charge in [-0.3, -0.25) is 4.79 Å². The van der Waals surface area contributed by atoms with E-state index in [0.717, 1.165) is 41.5 Å². The highest BCUT2D eigenvalue weighted by molar-refractivity contribution is 5.94. The van der Waals surface area contributed by atoms with E-state index in [9.17, 15) is 4.79 Å². The largest absolute Gasteiger partial charge is 0.454 e. The molecule has 0 aliphatic carbocycles. The number of ether oxygens (including phenoxy) is 3. The zero-order valence-electron chi connectivity index (χ0n) is 16.9. The lowest BCUT2D eigenvalue weighted by atomic mass is 10.1. The monoisotopic (exact) mass is 418 g/mol. The molecule has 0 spiro atoms. The average Bonchev–Trinajstić information content (AvgIpc) is 3.31. The van der Waals surface area contributed by atoms with Gasteiger partial charge in [-0.25, -0.2) is 0 Å². The molecule has 0 saturated carbocycles. The molecule has 5 rings (SSSR count). The van der Waals surface area contributed by atoms with Crippen LogP contribution in [0.1, 0.15) is 15.9 Å².